The quantitative estimate of drug-likeness (QED) is 0.815. The van der Waals surface area contributed by atoms with Crippen LogP contribution in [0.3, 0.4) is 0 Å². The fourth-order valence-electron chi connectivity index (χ4n) is 3.43. The maximum atomic E-state index is 11.9. The third kappa shape index (κ3) is 6.30. The molecule has 2 aliphatic heterocycles. The molecule has 6 heteroatoms. The van der Waals surface area contributed by atoms with Gasteiger partial charge in [0, 0.05) is 52.4 Å². The number of hydrogen-bond donors (Lipinski definition) is 2. The first-order valence-corrected chi connectivity index (χ1v) is 9.40. The van der Waals surface area contributed by atoms with Crippen LogP contribution in [0, 0.1) is 0 Å². The summed E-state index contributed by atoms with van der Waals surface area (Å²) in [6, 6.07) is 10.7. The molecular weight excluding hydrogens is 316 g/mol. The van der Waals surface area contributed by atoms with Gasteiger partial charge in [0.1, 0.15) is 0 Å². The first-order valence-electron chi connectivity index (χ1n) is 9.40. The molecule has 6 nitrogen and oxygen atoms in total. The molecule has 0 aromatic heterocycles. The lowest BCUT2D eigenvalue weighted by atomic mass is 10.1. The van der Waals surface area contributed by atoms with E-state index in [1.54, 1.807) is 0 Å². The second kappa shape index (κ2) is 9.75. The molecule has 2 saturated heterocycles. The molecule has 0 radical (unpaired) electrons. The molecule has 2 fully saturated rings. The Morgan fingerprint density at radius 3 is 2.60 bits per heavy atom. The topological polar surface area (TPSA) is 56.8 Å². The fourth-order valence-corrected chi connectivity index (χ4v) is 3.43. The van der Waals surface area contributed by atoms with Gasteiger partial charge in [0.25, 0.3) is 0 Å². The number of amides is 2. The minimum Gasteiger partial charge on any atom is -0.379 e. The van der Waals surface area contributed by atoms with Crippen molar-refractivity contribution in [1.29, 1.82) is 0 Å². The van der Waals surface area contributed by atoms with E-state index in [9.17, 15) is 4.79 Å². The number of rotatable bonds is 6. The van der Waals surface area contributed by atoms with Crippen molar-refractivity contribution in [1.82, 2.24) is 20.4 Å². The molecule has 0 spiro atoms. The van der Waals surface area contributed by atoms with Gasteiger partial charge in [0.05, 0.1) is 12.6 Å². The number of ether oxygens (including phenoxy) is 1. The monoisotopic (exact) mass is 346 g/mol. The average molecular weight is 346 g/mol. The summed E-state index contributed by atoms with van der Waals surface area (Å²) in [6.07, 6.45) is 2.04. The minimum atomic E-state index is -0.0711. The van der Waals surface area contributed by atoms with Crippen LogP contribution in [0.4, 0.5) is 4.79 Å². The van der Waals surface area contributed by atoms with Crippen molar-refractivity contribution in [3.05, 3.63) is 35.9 Å². The van der Waals surface area contributed by atoms with Crippen molar-refractivity contribution in [2.24, 2.45) is 0 Å². The van der Waals surface area contributed by atoms with Crippen molar-refractivity contribution in [3.8, 4) is 0 Å². The maximum Gasteiger partial charge on any atom is 0.315 e. The van der Waals surface area contributed by atoms with Crippen molar-refractivity contribution in [2.75, 3.05) is 52.5 Å². The van der Waals surface area contributed by atoms with Crippen LogP contribution in [-0.2, 0) is 11.3 Å². The number of urea groups is 1. The second-order valence-electron chi connectivity index (χ2n) is 6.92. The predicted octanol–water partition coefficient (Wildman–Crippen LogP) is 1.28. The number of benzene rings is 1. The first kappa shape index (κ1) is 18.2. The predicted molar refractivity (Wildman–Crippen MR) is 98.5 cm³/mol. The fraction of sp³-hybridized carbons (Fsp3) is 0.632. The minimum absolute atomic E-state index is 0.0711. The van der Waals surface area contributed by atoms with E-state index in [1.165, 1.54) is 5.56 Å². The van der Waals surface area contributed by atoms with Crippen LogP contribution in [-0.4, -0.2) is 74.4 Å². The summed E-state index contributed by atoms with van der Waals surface area (Å²) in [6.45, 7) is 8.37. The number of nitrogens with one attached hydrogen (secondary N) is 2. The molecular formula is C19H30N4O2. The van der Waals surface area contributed by atoms with Crippen molar-refractivity contribution in [2.45, 2.75) is 25.4 Å². The normalized spacial score (nSPS) is 22.5. The molecule has 25 heavy (non-hydrogen) atoms. The van der Waals surface area contributed by atoms with Gasteiger partial charge >= 0.3 is 6.03 Å². The molecule has 2 heterocycles. The Kier molecular flexibility index (Phi) is 7.09. The summed E-state index contributed by atoms with van der Waals surface area (Å²) in [5, 5.41) is 5.96. The van der Waals surface area contributed by atoms with E-state index >= 15 is 0 Å². The Balaban J connectivity index is 1.27. The highest BCUT2D eigenvalue weighted by Gasteiger charge is 2.18. The molecule has 1 unspecified atom stereocenters. The summed E-state index contributed by atoms with van der Waals surface area (Å²) in [5.41, 5.74) is 1.38. The number of carbonyl (C=O) groups excluding carboxylic acids is 1. The number of piperazine rings is 1. The van der Waals surface area contributed by atoms with Crippen LogP contribution in [0.5, 0.6) is 0 Å². The van der Waals surface area contributed by atoms with Crippen LogP contribution in [0.1, 0.15) is 18.4 Å². The van der Waals surface area contributed by atoms with Crippen LogP contribution in [0.25, 0.3) is 0 Å². The molecule has 1 aromatic carbocycles. The van der Waals surface area contributed by atoms with Crippen LogP contribution < -0.4 is 10.6 Å². The average Bonchev–Trinajstić information content (AvgIpc) is 2.65. The highest BCUT2D eigenvalue weighted by atomic mass is 16.5. The summed E-state index contributed by atoms with van der Waals surface area (Å²) in [5.74, 6) is 0. The van der Waals surface area contributed by atoms with Gasteiger partial charge < -0.3 is 15.4 Å². The van der Waals surface area contributed by atoms with Gasteiger partial charge in [-0.2, -0.15) is 0 Å². The van der Waals surface area contributed by atoms with E-state index in [-0.39, 0.29) is 12.1 Å². The molecule has 3 rings (SSSR count). The number of nitrogens with zero attached hydrogens (tertiary/aromatic N) is 2. The van der Waals surface area contributed by atoms with E-state index in [4.69, 9.17) is 4.74 Å². The molecule has 2 amide bonds. The third-order valence-electron chi connectivity index (χ3n) is 4.92. The summed E-state index contributed by atoms with van der Waals surface area (Å²) < 4.78 is 5.38. The van der Waals surface area contributed by atoms with E-state index in [0.717, 1.165) is 58.7 Å². The molecule has 2 N–H and O–H groups in total. The molecule has 0 aliphatic carbocycles. The van der Waals surface area contributed by atoms with E-state index < -0.39 is 0 Å². The lowest BCUT2D eigenvalue weighted by Gasteiger charge is -2.34. The smallest absolute Gasteiger partial charge is 0.315 e. The van der Waals surface area contributed by atoms with Crippen LogP contribution >= 0.6 is 0 Å². The van der Waals surface area contributed by atoms with Crippen LogP contribution in [0.15, 0.2) is 30.3 Å². The largest absolute Gasteiger partial charge is 0.379 e. The molecule has 138 valence electrons. The highest BCUT2D eigenvalue weighted by Crippen LogP contribution is 2.08. The Morgan fingerprint density at radius 2 is 1.88 bits per heavy atom. The first-order chi connectivity index (χ1) is 12.3. The number of hydrogen-bond acceptors (Lipinski definition) is 4. The van der Waals surface area contributed by atoms with Gasteiger partial charge in [-0.1, -0.05) is 30.3 Å². The van der Waals surface area contributed by atoms with Gasteiger partial charge in [-0.05, 0) is 18.4 Å². The van der Waals surface area contributed by atoms with Gasteiger partial charge in [-0.15, -0.1) is 0 Å². The SMILES string of the molecule is O=C(NCCN1CCN(Cc2ccccc2)CC1)NC1CCCOC1. The van der Waals surface area contributed by atoms with Crippen LogP contribution in [0.2, 0.25) is 0 Å². The Morgan fingerprint density at radius 1 is 1.12 bits per heavy atom. The van der Waals surface area contributed by atoms with Crippen molar-refractivity contribution < 1.29 is 9.53 Å². The van der Waals surface area contributed by atoms with Crippen molar-refractivity contribution >= 4 is 6.03 Å². The Hall–Kier alpha value is -1.63. The van der Waals surface area contributed by atoms with Gasteiger partial charge in [-0.25, -0.2) is 4.79 Å². The molecule has 1 aromatic rings. The van der Waals surface area contributed by atoms with Gasteiger partial charge in [-0.3, -0.25) is 9.80 Å². The summed E-state index contributed by atoms with van der Waals surface area (Å²) >= 11 is 0. The van der Waals surface area contributed by atoms with Crippen molar-refractivity contribution in [3.63, 3.8) is 0 Å². The highest BCUT2D eigenvalue weighted by molar-refractivity contribution is 5.74. The molecule has 2 aliphatic rings. The standard InChI is InChI=1S/C19H30N4O2/c24-19(21-18-7-4-14-25-16-18)20-8-9-22-10-12-23(13-11-22)15-17-5-2-1-3-6-17/h1-3,5-6,18H,4,7-16H2,(H2,20,21,24). The van der Waals surface area contributed by atoms with E-state index in [0.29, 0.717) is 13.2 Å². The maximum absolute atomic E-state index is 11.9. The van der Waals surface area contributed by atoms with Gasteiger partial charge in [0.2, 0.25) is 0 Å². The molecule has 1 atom stereocenters. The van der Waals surface area contributed by atoms with E-state index in [2.05, 4.69) is 50.8 Å². The number of carbonyl (C=O) groups is 1. The third-order valence-corrected chi connectivity index (χ3v) is 4.92. The zero-order chi connectivity index (χ0) is 17.3. The summed E-state index contributed by atoms with van der Waals surface area (Å²) in [7, 11) is 0. The second-order valence-corrected chi connectivity index (χ2v) is 6.92. The summed E-state index contributed by atoms with van der Waals surface area (Å²) in [4.78, 5) is 16.8. The van der Waals surface area contributed by atoms with Gasteiger partial charge in [0.15, 0.2) is 0 Å². The molecule has 0 saturated carbocycles. The Bertz CT molecular complexity index is 511. The zero-order valence-corrected chi connectivity index (χ0v) is 15.0. The lowest BCUT2D eigenvalue weighted by molar-refractivity contribution is 0.0731. The lowest BCUT2D eigenvalue weighted by Crippen LogP contribution is -2.50. The zero-order valence-electron chi connectivity index (χ0n) is 15.0. The molecule has 0 bridgehead atoms. The van der Waals surface area contributed by atoms with E-state index in [1.807, 2.05) is 0 Å². The Labute approximate surface area is 150 Å².